The van der Waals surface area contributed by atoms with Crippen LogP contribution in [0.4, 0.5) is 0 Å². The van der Waals surface area contributed by atoms with Gasteiger partial charge in [0.25, 0.3) is 0 Å². The van der Waals surface area contributed by atoms with Crippen LogP contribution in [0.3, 0.4) is 0 Å². The van der Waals surface area contributed by atoms with Gasteiger partial charge in [-0.1, -0.05) is 6.92 Å². The summed E-state index contributed by atoms with van der Waals surface area (Å²) < 4.78 is 11.5. The first kappa shape index (κ1) is 14.0. The number of hydrogen-bond donors (Lipinski definition) is 1. The second-order valence-electron chi connectivity index (χ2n) is 6.53. The Balaban J connectivity index is 1.58. The number of piperidine rings is 1. The summed E-state index contributed by atoms with van der Waals surface area (Å²) in [6.07, 6.45) is 9.07. The molecule has 3 heterocycles. The van der Waals surface area contributed by atoms with Crippen LogP contribution in [-0.4, -0.2) is 51.3 Å². The van der Waals surface area contributed by atoms with Crippen LogP contribution < -0.4 is 5.32 Å². The van der Waals surface area contributed by atoms with Crippen molar-refractivity contribution in [3.63, 3.8) is 0 Å². The molecule has 0 aromatic heterocycles. The lowest BCUT2D eigenvalue weighted by atomic mass is 9.93. The molecule has 3 nitrogen and oxygen atoms in total. The Bertz CT molecular complexity index is 312. The highest BCUT2D eigenvalue weighted by molar-refractivity contribution is 7.85. The summed E-state index contributed by atoms with van der Waals surface area (Å²) in [6.45, 7) is 3.42. The van der Waals surface area contributed by atoms with Gasteiger partial charge in [-0.15, -0.1) is 0 Å². The van der Waals surface area contributed by atoms with Crippen molar-refractivity contribution < 1.29 is 4.21 Å². The molecule has 3 rings (SSSR count). The maximum atomic E-state index is 11.5. The Hall–Kier alpha value is 0.0700. The summed E-state index contributed by atoms with van der Waals surface area (Å²) in [5.41, 5.74) is 0. The highest BCUT2D eigenvalue weighted by atomic mass is 32.2. The Morgan fingerprint density at radius 2 is 1.68 bits per heavy atom. The maximum Gasteiger partial charge on any atom is 0.0249 e. The smallest absolute Gasteiger partial charge is 0.0249 e. The quantitative estimate of drug-likeness (QED) is 0.856. The van der Waals surface area contributed by atoms with Gasteiger partial charge in [0.15, 0.2) is 0 Å². The normalized spacial score (nSPS) is 43.5. The van der Waals surface area contributed by atoms with Crippen molar-refractivity contribution in [2.24, 2.45) is 0 Å². The van der Waals surface area contributed by atoms with Crippen LogP contribution >= 0.6 is 0 Å². The molecular weight excluding hydrogens is 256 g/mol. The Kier molecular flexibility index (Phi) is 4.60. The van der Waals surface area contributed by atoms with E-state index in [4.69, 9.17) is 0 Å². The molecule has 0 radical (unpaired) electrons. The van der Waals surface area contributed by atoms with Gasteiger partial charge in [-0.2, -0.15) is 0 Å². The number of rotatable bonds is 4. The fourth-order valence-electron chi connectivity index (χ4n) is 4.40. The fraction of sp³-hybridized carbons (Fsp3) is 1.00. The van der Waals surface area contributed by atoms with Crippen molar-refractivity contribution in [1.82, 2.24) is 10.2 Å². The molecule has 0 aliphatic carbocycles. The van der Waals surface area contributed by atoms with E-state index >= 15 is 0 Å². The van der Waals surface area contributed by atoms with Crippen molar-refractivity contribution in [2.45, 2.75) is 76.0 Å². The first-order chi connectivity index (χ1) is 9.28. The van der Waals surface area contributed by atoms with Crippen LogP contribution in [0.15, 0.2) is 0 Å². The molecule has 0 aromatic carbocycles. The van der Waals surface area contributed by atoms with Gasteiger partial charge in [0.2, 0.25) is 0 Å². The first-order valence-electron chi connectivity index (χ1n) is 8.13. The number of nitrogens with one attached hydrogen (secondary N) is 1. The zero-order valence-electron chi connectivity index (χ0n) is 12.1. The van der Waals surface area contributed by atoms with E-state index in [1.54, 1.807) is 0 Å². The first-order valence-corrected chi connectivity index (χ1v) is 9.62. The maximum absolute atomic E-state index is 11.5. The monoisotopic (exact) mass is 284 g/mol. The van der Waals surface area contributed by atoms with E-state index < -0.39 is 10.8 Å². The fourth-order valence-corrected chi connectivity index (χ4v) is 5.68. The van der Waals surface area contributed by atoms with Crippen LogP contribution in [0.2, 0.25) is 0 Å². The Morgan fingerprint density at radius 3 is 2.26 bits per heavy atom. The van der Waals surface area contributed by atoms with Gasteiger partial charge in [-0.25, -0.2) is 0 Å². The molecule has 1 N–H and O–H groups in total. The third kappa shape index (κ3) is 3.06. The van der Waals surface area contributed by atoms with Gasteiger partial charge in [0.1, 0.15) is 0 Å². The molecule has 0 amide bonds. The summed E-state index contributed by atoms with van der Waals surface area (Å²) in [5, 5.41) is 3.73. The van der Waals surface area contributed by atoms with Gasteiger partial charge in [-0.3, -0.25) is 9.11 Å². The Labute approximate surface area is 120 Å². The molecule has 2 atom stereocenters. The average molecular weight is 284 g/mol. The molecule has 0 spiro atoms. The predicted octanol–water partition coefficient (Wildman–Crippen LogP) is 1.89. The molecule has 3 fully saturated rings. The minimum Gasteiger partial charge on any atom is -0.314 e. The molecule has 2 unspecified atom stereocenters. The van der Waals surface area contributed by atoms with Gasteiger partial charge in [-0.05, 0) is 51.5 Å². The number of fused-ring (bicyclic) bond motifs is 2. The van der Waals surface area contributed by atoms with E-state index in [1.165, 1.54) is 51.5 Å². The lowest BCUT2D eigenvalue weighted by molar-refractivity contribution is 0.0651. The lowest BCUT2D eigenvalue weighted by Crippen LogP contribution is -2.54. The zero-order chi connectivity index (χ0) is 13.2. The van der Waals surface area contributed by atoms with Crippen LogP contribution in [0, 0.1) is 0 Å². The average Bonchev–Trinajstić information content (AvgIpc) is 2.69. The van der Waals surface area contributed by atoms with Gasteiger partial charge < -0.3 is 5.32 Å². The van der Waals surface area contributed by atoms with Crippen LogP contribution in [0.5, 0.6) is 0 Å². The van der Waals surface area contributed by atoms with E-state index in [0.717, 1.165) is 35.7 Å². The Morgan fingerprint density at radius 1 is 1.05 bits per heavy atom. The van der Waals surface area contributed by atoms with Crippen molar-refractivity contribution in [3.05, 3.63) is 0 Å². The number of hydrogen-bond acceptors (Lipinski definition) is 3. The summed E-state index contributed by atoms with van der Waals surface area (Å²) >= 11 is 0. The van der Waals surface area contributed by atoms with E-state index in [0.29, 0.717) is 0 Å². The van der Waals surface area contributed by atoms with Crippen molar-refractivity contribution in [3.8, 4) is 0 Å². The van der Waals surface area contributed by atoms with Crippen molar-refractivity contribution in [2.75, 3.05) is 18.1 Å². The third-order valence-electron chi connectivity index (χ3n) is 5.25. The zero-order valence-corrected chi connectivity index (χ0v) is 13.0. The minimum atomic E-state index is -0.518. The summed E-state index contributed by atoms with van der Waals surface area (Å²) in [7, 11) is -0.518. The molecule has 4 heteroatoms. The predicted molar refractivity (Wildman–Crippen MR) is 80.9 cm³/mol. The highest BCUT2D eigenvalue weighted by Gasteiger charge is 2.43. The molecule has 3 aliphatic rings. The molecule has 110 valence electrons. The highest BCUT2D eigenvalue weighted by Crippen LogP contribution is 2.39. The van der Waals surface area contributed by atoms with Gasteiger partial charge >= 0.3 is 0 Å². The SMILES string of the molecule is CCCNC1CC2CCC(C1)N2C1CCS(=O)CC1. The standard InChI is InChI=1S/C15H28N2OS/c1-2-7-16-12-10-14-3-4-15(11-12)17(14)13-5-8-19(18)9-6-13/h12-16H,2-11H2,1H3. The second kappa shape index (κ2) is 6.23. The van der Waals surface area contributed by atoms with Crippen LogP contribution in [0.1, 0.15) is 51.9 Å². The van der Waals surface area contributed by atoms with Crippen LogP contribution in [-0.2, 0) is 10.8 Å². The van der Waals surface area contributed by atoms with E-state index in [9.17, 15) is 4.21 Å². The second-order valence-corrected chi connectivity index (χ2v) is 8.23. The molecule has 19 heavy (non-hydrogen) atoms. The molecule has 2 bridgehead atoms. The summed E-state index contributed by atoms with van der Waals surface area (Å²) in [4.78, 5) is 2.83. The molecule has 0 aromatic rings. The van der Waals surface area contributed by atoms with Gasteiger partial charge in [0.05, 0.1) is 0 Å². The van der Waals surface area contributed by atoms with Crippen molar-refractivity contribution in [1.29, 1.82) is 0 Å². The van der Waals surface area contributed by atoms with Crippen LogP contribution in [0.25, 0.3) is 0 Å². The minimum absolute atomic E-state index is 0.518. The topological polar surface area (TPSA) is 32.3 Å². The van der Waals surface area contributed by atoms with Crippen molar-refractivity contribution >= 4 is 10.8 Å². The summed E-state index contributed by atoms with van der Waals surface area (Å²) in [5.74, 6) is 1.89. The largest absolute Gasteiger partial charge is 0.314 e. The van der Waals surface area contributed by atoms with E-state index in [1.807, 2.05) is 0 Å². The summed E-state index contributed by atoms with van der Waals surface area (Å²) in [6, 6.07) is 3.11. The lowest BCUT2D eigenvalue weighted by Gasteiger charge is -2.45. The number of nitrogens with zero attached hydrogens (tertiary/aromatic N) is 1. The molecule has 0 saturated carbocycles. The molecule has 3 aliphatic heterocycles. The third-order valence-corrected chi connectivity index (χ3v) is 6.63. The van der Waals surface area contributed by atoms with E-state index in [2.05, 4.69) is 17.1 Å². The molecular formula is C15H28N2OS. The van der Waals surface area contributed by atoms with Gasteiger partial charge in [0, 0.05) is 46.5 Å². The molecule has 3 saturated heterocycles. The van der Waals surface area contributed by atoms with E-state index in [-0.39, 0.29) is 0 Å².